The van der Waals surface area contributed by atoms with E-state index >= 15 is 0 Å². The van der Waals surface area contributed by atoms with E-state index in [0.717, 1.165) is 11.3 Å². The van der Waals surface area contributed by atoms with Crippen molar-refractivity contribution in [3.05, 3.63) is 27.1 Å². The minimum atomic E-state index is -0.460. The van der Waals surface area contributed by atoms with Gasteiger partial charge < -0.3 is 10.1 Å². The van der Waals surface area contributed by atoms with Gasteiger partial charge in [-0.2, -0.15) is 0 Å². The number of amides is 1. The van der Waals surface area contributed by atoms with Crippen LogP contribution in [0.4, 0.5) is 0 Å². The van der Waals surface area contributed by atoms with Crippen molar-refractivity contribution in [1.29, 1.82) is 0 Å². The van der Waals surface area contributed by atoms with Crippen LogP contribution in [0.5, 0.6) is 0 Å². The monoisotopic (exact) mass is 351 g/mol. The number of esters is 1. The van der Waals surface area contributed by atoms with E-state index in [1.165, 1.54) is 10.9 Å². The molecule has 0 saturated heterocycles. The van der Waals surface area contributed by atoms with Crippen molar-refractivity contribution in [2.45, 2.75) is 34.2 Å². The van der Waals surface area contributed by atoms with E-state index < -0.39 is 5.97 Å². The summed E-state index contributed by atoms with van der Waals surface area (Å²) >= 11 is 1.13. The van der Waals surface area contributed by atoms with Crippen LogP contribution in [0, 0.1) is 12.8 Å². The fourth-order valence-electron chi connectivity index (χ4n) is 2.19. The summed E-state index contributed by atoms with van der Waals surface area (Å²) in [5.74, 6) is -0.374. The van der Waals surface area contributed by atoms with Crippen molar-refractivity contribution in [1.82, 2.24) is 14.9 Å². The summed E-state index contributed by atoms with van der Waals surface area (Å²) < 4.78 is 6.25. The van der Waals surface area contributed by atoms with Crippen molar-refractivity contribution in [2.24, 2.45) is 5.92 Å². The number of hydrogen-bond acceptors (Lipinski definition) is 6. The molecule has 0 radical (unpaired) electrons. The second kappa shape index (κ2) is 7.57. The molecular weight excluding hydrogens is 330 g/mol. The van der Waals surface area contributed by atoms with Gasteiger partial charge in [0.25, 0.3) is 5.56 Å². The first-order valence-corrected chi connectivity index (χ1v) is 8.59. The first kappa shape index (κ1) is 18.1. The molecule has 0 spiro atoms. The van der Waals surface area contributed by atoms with Gasteiger partial charge in [0.15, 0.2) is 0 Å². The van der Waals surface area contributed by atoms with E-state index in [1.54, 1.807) is 13.8 Å². The first-order chi connectivity index (χ1) is 11.3. The van der Waals surface area contributed by atoms with E-state index in [2.05, 4.69) is 10.3 Å². The molecule has 2 aromatic heterocycles. The Kier molecular flexibility index (Phi) is 5.71. The van der Waals surface area contributed by atoms with Crippen molar-refractivity contribution in [3.63, 3.8) is 0 Å². The first-order valence-electron chi connectivity index (χ1n) is 7.77. The molecule has 0 aromatic carbocycles. The lowest BCUT2D eigenvalue weighted by Gasteiger charge is -2.09. The molecule has 0 aliphatic rings. The maximum atomic E-state index is 12.6. The minimum absolute atomic E-state index is 0.0987. The van der Waals surface area contributed by atoms with Crippen molar-refractivity contribution < 1.29 is 14.3 Å². The molecule has 2 aromatic rings. The average molecular weight is 351 g/mol. The zero-order chi connectivity index (χ0) is 17.9. The number of rotatable bonds is 6. The molecule has 0 unspecified atom stereocenters. The van der Waals surface area contributed by atoms with Crippen LogP contribution in [0.2, 0.25) is 0 Å². The fraction of sp³-hybridized carbons (Fsp3) is 0.500. The van der Waals surface area contributed by atoms with E-state index in [1.807, 2.05) is 13.8 Å². The summed E-state index contributed by atoms with van der Waals surface area (Å²) in [6.07, 6.45) is 1.34. The predicted molar refractivity (Wildman–Crippen MR) is 92.4 cm³/mol. The molecule has 0 fully saturated rings. The Balaban J connectivity index is 2.33. The number of carbonyl (C=O) groups excluding carboxylic acids is 2. The number of aryl methyl sites for hydroxylation is 1. The van der Waals surface area contributed by atoms with Crippen LogP contribution < -0.4 is 10.9 Å². The van der Waals surface area contributed by atoms with Crippen LogP contribution in [0.25, 0.3) is 10.2 Å². The van der Waals surface area contributed by atoms with Crippen LogP contribution in [0.3, 0.4) is 0 Å². The fourth-order valence-corrected chi connectivity index (χ4v) is 3.22. The van der Waals surface area contributed by atoms with Gasteiger partial charge in [-0.3, -0.25) is 14.2 Å². The Morgan fingerprint density at radius 2 is 2.12 bits per heavy atom. The van der Waals surface area contributed by atoms with E-state index in [-0.39, 0.29) is 24.6 Å². The Hall–Kier alpha value is -2.22. The van der Waals surface area contributed by atoms with E-state index in [0.29, 0.717) is 33.1 Å². The number of fused-ring (bicyclic) bond motifs is 1. The molecule has 130 valence electrons. The van der Waals surface area contributed by atoms with Crippen LogP contribution in [-0.2, 0) is 16.1 Å². The quantitative estimate of drug-likeness (QED) is 0.800. The summed E-state index contributed by atoms with van der Waals surface area (Å²) in [6, 6.07) is 0. The topological polar surface area (TPSA) is 90.3 Å². The highest BCUT2D eigenvalue weighted by Gasteiger charge is 2.20. The summed E-state index contributed by atoms with van der Waals surface area (Å²) in [5.41, 5.74) is 0.215. The lowest BCUT2D eigenvalue weighted by atomic mass is 10.2. The van der Waals surface area contributed by atoms with Crippen LogP contribution >= 0.6 is 11.3 Å². The van der Waals surface area contributed by atoms with Gasteiger partial charge in [-0.05, 0) is 25.3 Å². The number of thiophene rings is 1. The largest absolute Gasteiger partial charge is 0.462 e. The van der Waals surface area contributed by atoms with E-state index in [4.69, 9.17) is 4.74 Å². The SMILES string of the molecule is CCOC(=O)c1sc2ncn(CC(=O)NCC(C)C)c(=O)c2c1C. The third-order valence-corrected chi connectivity index (χ3v) is 4.58. The van der Waals surface area contributed by atoms with Crippen molar-refractivity contribution in [2.75, 3.05) is 13.2 Å². The van der Waals surface area contributed by atoms with Gasteiger partial charge in [-0.1, -0.05) is 13.8 Å². The molecule has 2 rings (SSSR count). The zero-order valence-corrected chi connectivity index (χ0v) is 15.0. The van der Waals surface area contributed by atoms with Gasteiger partial charge in [0.05, 0.1) is 18.3 Å². The van der Waals surface area contributed by atoms with Crippen LogP contribution in [-0.4, -0.2) is 34.6 Å². The maximum Gasteiger partial charge on any atom is 0.348 e. The lowest BCUT2D eigenvalue weighted by Crippen LogP contribution is -2.34. The number of nitrogens with one attached hydrogen (secondary N) is 1. The second-order valence-corrected chi connectivity index (χ2v) is 6.83. The third-order valence-electron chi connectivity index (χ3n) is 3.40. The number of carbonyl (C=O) groups is 2. The summed E-state index contributed by atoms with van der Waals surface area (Å²) in [7, 11) is 0. The van der Waals surface area contributed by atoms with Gasteiger partial charge in [-0.15, -0.1) is 11.3 Å². The number of nitrogens with zero attached hydrogens (tertiary/aromatic N) is 2. The second-order valence-electron chi connectivity index (χ2n) is 5.83. The number of aromatic nitrogens is 2. The molecular formula is C16H21N3O4S. The molecule has 0 aliphatic carbocycles. The van der Waals surface area contributed by atoms with Gasteiger partial charge in [0.1, 0.15) is 16.3 Å². The summed E-state index contributed by atoms with van der Waals surface area (Å²) in [6.45, 7) is 8.11. The Morgan fingerprint density at radius 1 is 1.42 bits per heavy atom. The molecule has 0 atom stereocenters. The Labute approximate surface area is 143 Å². The minimum Gasteiger partial charge on any atom is -0.462 e. The van der Waals surface area contributed by atoms with Crippen molar-refractivity contribution >= 4 is 33.4 Å². The molecule has 8 heteroatoms. The van der Waals surface area contributed by atoms with Crippen molar-refractivity contribution in [3.8, 4) is 0 Å². The highest BCUT2D eigenvalue weighted by atomic mass is 32.1. The Morgan fingerprint density at radius 3 is 2.75 bits per heavy atom. The van der Waals surface area contributed by atoms with Gasteiger partial charge >= 0.3 is 5.97 Å². The highest BCUT2D eigenvalue weighted by molar-refractivity contribution is 7.20. The molecule has 2 heterocycles. The summed E-state index contributed by atoms with van der Waals surface area (Å²) in [4.78, 5) is 41.5. The zero-order valence-electron chi connectivity index (χ0n) is 14.2. The van der Waals surface area contributed by atoms with Crippen LogP contribution in [0.1, 0.15) is 36.0 Å². The number of ether oxygens (including phenoxy) is 1. The smallest absolute Gasteiger partial charge is 0.348 e. The highest BCUT2D eigenvalue weighted by Crippen LogP contribution is 2.27. The number of hydrogen-bond donors (Lipinski definition) is 1. The lowest BCUT2D eigenvalue weighted by molar-refractivity contribution is -0.121. The normalized spacial score (nSPS) is 11.0. The van der Waals surface area contributed by atoms with Gasteiger partial charge in [0.2, 0.25) is 5.91 Å². The molecule has 0 saturated carbocycles. The molecule has 0 bridgehead atoms. The Bertz CT molecular complexity index is 823. The third kappa shape index (κ3) is 3.81. The predicted octanol–water partition coefficient (Wildman–Crippen LogP) is 1.72. The van der Waals surface area contributed by atoms with Gasteiger partial charge in [0, 0.05) is 6.54 Å². The molecule has 7 nitrogen and oxygen atoms in total. The standard InChI is InChI=1S/C16H21N3O4S/c1-5-23-16(22)13-10(4)12-14(24-13)18-8-19(15(12)21)7-11(20)17-6-9(2)3/h8-9H,5-7H2,1-4H3,(H,17,20). The summed E-state index contributed by atoms with van der Waals surface area (Å²) in [5, 5.41) is 3.13. The average Bonchev–Trinajstić information content (AvgIpc) is 2.86. The van der Waals surface area contributed by atoms with Gasteiger partial charge in [-0.25, -0.2) is 9.78 Å². The van der Waals surface area contributed by atoms with Crippen LogP contribution in [0.15, 0.2) is 11.1 Å². The maximum absolute atomic E-state index is 12.6. The van der Waals surface area contributed by atoms with E-state index in [9.17, 15) is 14.4 Å². The molecule has 1 amide bonds. The molecule has 1 N–H and O–H groups in total. The molecule has 0 aliphatic heterocycles. The molecule has 24 heavy (non-hydrogen) atoms.